The van der Waals surface area contributed by atoms with Crippen molar-refractivity contribution in [2.24, 2.45) is 5.92 Å². The molecule has 136 valence electrons. The number of piperazine rings is 1. The lowest BCUT2D eigenvalue weighted by atomic mass is 10.1. The molecular weight excluding hydrogens is 348 g/mol. The van der Waals surface area contributed by atoms with E-state index in [-0.39, 0.29) is 5.92 Å². The van der Waals surface area contributed by atoms with E-state index in [0.717, 1.165) is 56.1 Å². The summed E-state index contributed by atoms with van der Waals surface area (Å²) in [5.41, 5.74) is 1.66. The van der Waals surface area contributed by atoms with Gasteiger partial charge in [0.25, 0.3) is 0 Å². The first-order valence-corrected chi connectivity index (χ1v) is 9.72. The topological polar surface area (TPSA) is 49.3 Å². The highest BCUT2D eigenvalue weighted by molar-refractivity contribution is 6.33. The predicted octanol–water partition coefficient (Wildman–Crippen LogP) is 3.64. The van der Waals surface area contributed by atoms with Crippen molar-refractivity contribution in [2.45, 2.75) is 25.7 Å². The molecule has 0 unspecified atom stereocenters. The Bertz CT molecular complexity index is 766. The van der Waals surface area contributed by atoms with E-state index in [1.54, 1.807) is 0 Å². The third kappa shape index (κ3) is 3.54. The average molecular weight is 371 g/mol. The van der Waals surface area contributed by atoms with Crippen LogP contribution in [0, 0.1) is 5.92 Å². The van der Waals surface area contributed by atoms with Crippen molar-refractivity contribution in [3.63, 3.8) is 0 Å². The number of benzene rings is 1. The number of nitrogens with zero attached hydrogens (tertiary/aromatic N) is 4. The quantitative estimate of drug-likeness (QED) is 0.827. The van der Waals surface area contributed by atoms with Gasteiger partial charge in [0.1, 0.15) is 0 Å². The van der Waals surface area contributed by atoms with Gasteiger partial charge in [-0.1, -0.05) is 42.6 Å². The first-order valence-electron chi connectivity index (χ1n) is 9.35. The van der Waals surface area contributed by atoms with Crippen molar-refractivity contribution in [3.8, 4) is 11.3 Å². The lowest BCUT2D eigenvalue weighted by Crippen LogP contribution is -2.50. The molecule has 1 aromatic carbocycles. The van der Waals surface area contributed by atoms with Crippen LogP contribution in [-0.4, -0.2) is 47.2 Å². The Morgan fingerprint density at radius 2 is 1.69 bits per heavy atom. The van der Waals surface area contributed by atoms with Gasteiger partial charge in [-0.25, -0.2) is 0 Å². The zero-order valence-corrected chi connectivity index (χ0v) is 15.5. The molecule has 4 rings (SSSR count). The summed E-state index contributed by atoms with van der Waals surface area (Å²) < 4.78 is 0. The fourth-order valence-corrected chi connectivity index (χ4v) is 4.13. The summed E-state index contributed by atoms with van der Waals surface area (Å²) in [4.78, 5) is 16.8. The number of anilines is 1. The second-order valence-corrected chi connectivity index (χ2v) is 7.46. The van der Waals surface area contributed by atoms with Crippen LogP contribution in [0.2, 0.25) is 5.02 Å². The summed E-state index contributed by atoms with van der Waals surface area (Å²) >= 11 is 6.23. The van der Waals surface area contributed by atoms with Crippen LogP contribution in [0.3, 0.4) is 0 Å². The first-order chi connectivity index (χ1) is 12.7. The summed E-state index contributed by atoms with van der Waals surface area (Å²) in [6, 6.07) is 11.6. The van der Waals surface area contributed by atoms with Gasteiger partial charge in [0, 0.05) is 37.7 Å². The van der Waals surface area contributed by atoms with Gasteiger partial charge in [0.15, 0.2) is 5.82 Å². The molecule has 1 aliphatic carbocycles. The maximum atomic E-state index is 12.5. The van der Waals surface area contributed by atoms with E-state index >= 15 is 0 Å². The Morgan fingerprint density at radius 3 is 2.35 bits per heavy atom. The minimum Gasteiger partial charge on any atom is -0.352 e. The average Bonchev–Trinajstić information content (AvgIpc) is 3.23. The van der Waals surface area contributed by atoms with Gasteiger partial charge in [-0.2, -0.15) is 0 Å². The van der Waals surface area contributed by atoms with Gasteiger partial charge in [-0.05, 0) is 31.0 Å². The lowest BCUT2D eigenvalue weighted by molar-refractivity contribution is -0.135. The van der Waals surface area contributed by atoms with Crippen LogP contribution < -0.4 is 4.90 Å². The van der Waals surface area contributed by atoms with Gasteiger partial charge in [-0.3, -0.25) is 4.79 Å². The summed E-state index contributed by atoms with van der Waals surface area (Å²) in [6.07, 6.45) is 4.52. The van der Waals surface area contributed by atoms with E-state index in [1.807, 2.05) is 41.3 Å². The minimum absolute atomic E-state index is 0.260. The molecule has 2 aliphatic rings. The molecule has 5 nitrogen and oxygen atoms in total. The molecule has 2 aromatic rings. The molecule has 1 aromatic heterocycles. The Labute approximate surface area is 159 Å². The third-order valence-corrected chi connectivity index (χ3v) is 5.75. The molecule has 26 heavy (non-hydrogen) atoms. The van der Waals surface area contributed by atoms with Crippen LogP contribution in [-0.2, 0) is 4.79 Å². The van der Waals surface area contributed by atoms with E-state index in [1.165, 1.54) is 12.8 Å². The molecule has 2 fully saturated rings. The van der Waals surface area contributed by atoms with E-state index in [0.29, 0.717) is 10.9 Å². The number of carbonyl (C=O) groups is 1. The molecule has 0 radical (unpaired) electrons. The lowest BCUT2D eigenvalue weighted by Gasteiger charge is -2.36. The van der Waals surface area contributed by atoms with Gasteiger partial charge < -0.3 is 9.80 Å². The van der Waals surface area contributed by atoms with Crippen LogP contribution in [0.25, 0.3) is 11.3 Å². The molecule has 1 aliphatic heterocycles. The summed E-state index contributed by atoms with van der Waals surface area (Å²) in [6.45, 7) is 3.14. The van der Waals surface area contributed by atoms with Crippen molar-refractivity contribution >= 4 is 23.3 Å². The van der Waals surface area contributed by atoms with Gasteiger partial charge in [0.2, 0.25) is 5.91 Å². The molecule has 2 heterocycles. The standard InChI is InChI=1S/C20H23ClN4O/c21-17-8-4-3-7-16(17)18-9-10-19(23-22-18)24-11-13-25(14-12-24)20(26)15-5-1-2-6-15/h3-4,7-10,15H,1-2,5-6,11-14H2. The Kier molecular flexibility index (Phi) is 5.07. The fraction of sp³-hybridized carbons (Fsp3) is 0.450. The zero-order chi connectivity index (χ0) is 17.9. The van der Waals surface area contributed by atoms with Gasteiger partial charge >= 0.3 is 0 Å². The maximum Gasteiger partial charge on any atom is 0.225 e. The number of halogens is 1. The Balaban J connectivity index is 1.39. The van der Waals surface area contributed by atoms with E-state index in [4.69, 9.17) is 11.6 Å². The fourth-order valence-electron chi connectivity index (χ4n) is 3.89. The second-order valence-electron chi connectivity index (χ2n) is 7.05. The van der Waals surface area contributed by atoms with Crippen LogP contribution in [0.15, 0.2) is 36.4 Å². The zero-order valence-electron chi connectivity index (χ0n) is 14.8. The molecule has 1 saturated heterocycles. The van der Waals surface area contributed by atoms with Crippen molar-refractivity contribution in [1.82, 2.24) is 15.1 Å². The highest BCUT2D eigenvalue weighted by Gasteiger charge is 2.29. The number of rotatable bonds is 3. The van der Waals surface area contributed by atoms with Crippen LogP contribution >= 0.6 is 11.6 Å². The Hall–Kier alpha value is -2.14. The number of hydrogen-bond acceptors (Lipinski definition) is 4. The highest BCUT2D eigenvalue weighted by atomic mass is 35.5. The van der Waals surface area contributed by atoms with Crippen LogP contribution in [0.4, 0.5) is 5.82 Å². The van der Waals surface area contributed by atoms with Crippen LogP contribution in [0.5, 0.6) is 0 Å². The molecule has 6 heteroatoms. The molecule has 0 spiro atoms. The number of carbonyl (C=O) groups excluding carboxylic acids is 1. The number of aromatic nitrogens is 2. The second kappa shape index (κ2) is 7.62. The van der Waals surface area contributed by atoms with Crippen molar-refractivity contribution in [3.05, 3.63) is 41.4 Å². The summed E-state index contributed by atoms with van der Waals surface area (Å²) in [5.74, 6) is 1.47. The number of hydrogen-bond donors (Lipinski definition) is 0. The van der Waals surface area contributed by atoms with Crippen molar-refractivity contribution in [1.29, 1.82) is 0 Å². The maximum absolute atomic E-state index is 12.5. The van der Waals surface area contributed by atoms with Crippen LogP contribution in [0.1, 0.15) is 25.7 Å². The molecule has 0 bridgehead atoms. The molecule has 1 amide bonds. The largest absolute Gasteiger partial charge is 0.352 e. The van der Waals surface area contributed by atoms with Crippen molar-refractivity contribution < 1.29 is 4.79 Å². The normalized spacial score (nSPS) is 18.3. The van der Waals surface area contributed by atoms with Gasteiger partial charge in [-0.15, -0.1) is 10.2 Å². The molecular formula is C20H23ClN4O. The summed E-state index contributed by atoms with van der Waals surface area (Å²) in [7, 11) is 0. The predicted molar refractivity (Wildman–Crippen MR) is 103 cm³/mol. The molecule has 0 atom stereocenters. The SMILES string of the molecule is O=C(C1CCCC1)N1CCN(c2ccc(-c3ccccc3Cl)nn2)CC1. The number of amides is 1. The van der Waals surface area contributed by atoms with E-state index in [9.17, 15) is 4.79 Å². The highest BCUT2D eigenvalue weighted by Crippen LogP contribution is 2.28. The van der Waals surface area contributed by atoms with E-state index in [2.05, 4.69) is 15.1 Å². The molecule has 1 saturated carbocycles. The first kappa shape index (κ1) is 17.3. The van der Waals surface area contributed by atoms with Gasteiger partial charge in [0.05, 0.1) is 10.7 Å². The van der Waals surface area contributed by atoms with Crippen molar-refractivity contribution in [2.75, 3.05) is 31.1 Å². The minimum atomic E-state index is 0.260. The molecule has 0 N–H and O–H groups in total. The summed E-state index contributed by atoms with van der Waals surface area (Å²) in [5, 5.41) is 9.40. The smallest absolute Gasteiger partial charge is 0.225 e. The monoisotopic (exact) mass is 370 g/mol. The third-order valence-electron chi connectivity index (χ3n) is 5.42. The Morgan fingerprint density at radius 1 is 0.962 bits per heavy atom. The van der Waals surface area contributed by atoms with E-state index < -0.39 is 0 Å².